The Morgan fingerprint density at radius 1 is 1.12 bits per heavy atom. The van der Waals surface area contributed by atoms with E-state index in [0.29, 0.717) is 0 Å². The van der Waals surface area contributed by atoms with Crippen LogP contribution in [0, 0.1) is 17.7 Å². The first-order valence-corrected chi connectivity index (χ1v) is 6.07. The van der Waals surface area contributed by atoms with Crippen LogP contribution in [0.1, 0.15) is 51.0 Å². The molecule has 1 aromatic carbocycles. The second kappa shape index (κ2) is 7.93. The van der Waals surface area contributed by atoms with Crippen molar-refractivity contribution in [3.63, 3.8) is 0 Å². The molecule has 0 aliphatic carbocycles. The summed E-state index contributed by atoms with van der Waals surface area (Å²) in [5.74, 6) is 5.86. The van der Waals surface area contributed by atoms with Crippen LogP contribution in [-0.4, -0.2) is 0 Å². The molecule has 0 aromatic heterocycles. The molecule has 0 aliphatic rings. The minimum Gasteiger partial charge on any atom is -0.207 e. The molecule has 0 atom stereocenters. The third-order valence-electron chi connectivity index (χ3n) is 2.46. The molecule has 1 rings (SSSR count). The van der Waals surface area contributed by atoms with E-state index in [1.165, 1.54) is 37.8 Å². The highest BCUT2D eigenvalue weighted by atomic mass is 19.1. The van der Waals surface area contributed by atoms with Gasteiger partial charge in [0.2, 0.25) is 0 Å². The molecule has 0 heterocycles. The third-order valence-corrected chi connectivity index (χ3v) is 2.46. The van der Waals surface area contributed by atoms with Crippen LogP contribution in [-0.2, 0) is 0 Å². The van der Waals surface area contributed by atoms with Crippen LogP contribution in [0.15, 0.2) is 24.3 Å². The molecule has 86 valence electrons. The number of benzene rings is 1. The van der Waals surface area contributed by atoms with Gasteiger partial charge in [0, 0.05) is 12.0 Å². The largest absolute Gasteiger partial charge is 0.207 e. The summed E-state index contributed by atoms with van der Waals surface area (Å²) in [6, 6.07) is 6.45. The molecule has 1 aromatic rings. The summed E-state index contributed by atoms with van der Waals surface area (Å²) >= 11 is 0. The molecule has 0 saturated heterocycles. The Bertz CT molecular complexity index is 357. The minimum atomic E-state index is -0.213. The maximum atomic E-state index is 12.8. The molecule has 0 spiro atoms. The van der Waals surface area contributed by atoms with Gasteiger partial charge in [-0.2, -0.15) is 0 Å². The fourth-order valence-corrected chi connectivity index (χ4v) is 1.55. The van der Waals surface area contributed by atoms with Crippen molar-refractivity contribution >= 4 is 0 Å². The lowest BCUT2D eigenvalue weighted by Gasteiger charge is -1.94. The molecular formula is C15H19F. The van der Waals surface area contributed by atoms with E-state index in [-0.39, 0.29) is 5.82 Å². The van der Waals surface area contributed by atoms with E-state index in [2.05, 4.69) is 18.8 Å². The van der Waals surface area contributed by atoms with Crippen molar-refractivity contribution in [2.75, 3.05) is 0 Å². The van der Waals surface area contributed by atoms with Gasteiger partial charge >= 0.3 is 0 Å². The zero-order valence-corrected chi connectivity index (χ0v) is 9.93. The summed E-state index contributed by atoms with van der Waals surface area (Å²) in [5, 5.41) is 0. The lowest BCUT2D eigenvalue weighted by molar-refractivity contribution is 0.627. The van der Waals surface area contributed by atoms with Gasteiger partial charge in [-0.3, -0.25) is 0 Å². The average molecular weight is 218 g/mol. The molecule has 0 amide bonds. The monoisotopic (exact) mass is 218 g/mol. The van der Waals surface area contributed by atoms with Crippen LogP contribution in [0.3, 0.4) is 0 Å². The van der Waals surface area contributed by atoms with Crippen LogP contribution < -0.4 is 0 Å². The maximum absolute atomic E-state index is 12.8. The zero-order valence-electron chi connectivity index (χ0n) is 9.93. The first kappa shape index (κ1) is 12.8. The van der Waals surface area contributed by atoms with E-state index in [1.807, 2.05) is 6.07 Å². The van der Waals surface area contributed by atoms with Crippen molar-refractivity contribution in [1.82, 2.24) is 0 Å². The van der Waals surface area contributed by atoms with E-state index >= 15 is 0 Å². The van der Waals surface area contributed by atoms with Crippen molar-refractivity contribution in [2.45, 2.75) is 45.4 Å². The van der Waals surface area contributed by atoms with E-state index in [4.69, 9.17) is 0 Å². The standard InChI is InChI=1S/C15H19F/c1-2-3-4-5-6-7-8-10-14-11-9-12-15(16)13-14/h9,11-13H,2-7H2,1H3. The Morgan fingerprint density at radius 2 is 1.94 bits per heavy atom. The maximum Gasteiger partial charge on any atom is 0.124 e. The quantitative estimate of drug-likeness (QED) is 0.503. The minimum absolute atomic E-state index is 0.213. The normalized spacial score (nSPS) is 9.62. The molecule has 1 heteroatoms. The summed E-state index contributed by atoms with van der Waals surface area (Å²) in [6.07, 6.45) is 7.22. The van der Waals surface area contributed by atoms with Gasteiger partial charge in [-0.05, 0) is 24.6 Å². The highest BCUT2D eigenvalue weighted by Crippen LogP contribution is 2.05. The number of hydrogen-bond donors (Lipinski definition) is 0. The molecule has 0 N–H and O–H groups in total. The summed E-state index contributed by atoms with van der Waals surface area (Å²) < 4.78 is 12.8. The van der Waals surface area contributed by atoms with Crippen LogP contribution in [0.4, 0.5) is 4.39 Å². The zero-order chi connectivity index (χ0) is 11.6. The van der Waals surface area contributed by atoms with Gasteiger partial charge in [-0.1, -0.05) is 50.5 Å². The Hall–Kier alpha value is -1.29. The highest BCUT2D eigenvalue weighted by molar-refractivity contribution is 5.34. The van der Waals surface area contributed by atoms with Crippen LogP contribution in [0.25, 0.3) is 0 Å². The second-order valence-electron chi connectivity index (χ2n) is 3.98. The van der Waals surface area contributed by atoms with Gasteiger partial charge in [0.05, 0.1) is 0 Å². The van der Waals surface area contributed by atoms with Crippen molar-refractivity contribution in [2.24, 2.45) is 0 Å². The molecule has 16 heavy (non-hydrogen) atoms. The number of halogens is 1. The Morgan fingerprint density at radius 3 is 2.69 bits per heavy atom. The Balaban J connectivity index is 2.22. The third kappa shape index (κ3) is 5.56. The molecule has 0 unspecified atom stereocenters. The van der Waals surface area contributed by atoms with E-state index in [0.717, 1.165) is 18.4 Å². The Kier molecular flexibility index (Phi) is 6.33. The van der Waals surface area contributed by atoms with Gasteiger partial charge < -0.3 is 0 Å². The van der Waals surface area contributed by atoms with E-state index < -0.39 is 0 Å². The van der Waals surface area contributed by atoms with Gasteiger partial charge in [-0.15, -0.1) is 0 Å². The average Bonchev–Trinajstić information content (AvgIpc) is 2.28. The predicted molar refractivity (Wildman–Crippen MR) is 66.7 cm³/mol. The smallest absolute Gasteiger partial charge is 0.124 e. The van der Waals surface area contributed by atoms with Crippen molar-refractivity contribution in [3.05, 3.63) is 35.6 Å². The highest BCUT2D eigenvalue weighted by Gasteiger charge is 1.90. The first-order valence-electron chi connectivity index (χ1n) is 6.07. The fourth-order valence-electron chi connectivity index (χ4n) is 1.55. The molecule has 0 aliphatic heterocycles. The second-order valence-corrected chi connectivity index (χ2v) is 3.98. The predicted octanol–water partition coefficient (Wildman–Crippen LogP) is 4.54. The first-order chi connectivity index (χ1) is 7.83. The Labute approximate surface area is 97.9 Å². The fraction of sp³-hybridized carbons (Fsp3) is 0.467. The van der Waals surface area contributed by atoms with Gasteiger partial charge in [0.15, 0.2) is 0 Å². The molecule has 0 nitrogen and oxygen atoms in total. The number of hydrogen-bond acceptors (Lipinski definition) is 0. The number of unbranched alkanes of at least 4 members (excludes halogenated alkanes) is 5. The summed E-state index contributed by atoms with van der Waals surface area (Å²) in [6.45, 7) is 2.21. The summed E-state index contributed by atoms with van der Waals surface area (Å²) in [5.41, 5.74) is 0.772. The van der Waals surface area contributed by atoms with Gasteiger partial charge in [0.25, 0.3) is 0 Å². The van der Waals surface area contributed by atoms with E-state index in [1.54, 1.807) is 6.07 Å². The van der Waals surface area contributed by atoms with Crippen molar-refractivity contribution in [3.8, 4) is 11.8 Å². The SMILES string of the molecule is CCCCCCCC#Cc1cccc(F)c1. The molecule has 0 bridgehead atoms. The molecule has 0 saturated carbocycles. The van der Waals surface area contributed by atoms with E-state index in [9.17, 15) is 4.39 Å². The lowest BCUT2D eigenvalue weighted by atomic mass is 10.1. The molecule has 0 radical (unpaired) electrons. The van der Waals surface area contributed by atoms with Gasteiger partial charge in [0.1, 0.15) is 5.82 Å². The topological polar surface area (TPSA) is 0 Å². The summed E-state index contributed by atoms with van der Waals surface area (Å²) in [7, 11) is 0. The lowest BCUT2D eigenvalue weighted by Crippen LogP contribution is -1.78. The van der Waals surface area contributed by atoms with Crippen molar-refractivity contribution < 1.29 is 4.39 Å². The van der Waals surface area contributed by atoms with Crippen LogP contribution in [0.2, 0.25) is 0 Å². The van der Waals surface area contributed by atoms with Gasteiger partial charge in [-0.25, -0.2) is 4.39 Å². The van der Waals surface area contributed by atoms with Crippen LogP contribution in [0.5, 0.6) is 0 Å². The molecular weight excluding hydrogens is 199 g/mol. The van der Waals surface area contributed by atoms with Crippen LogP contribution >= 0.6 is 0 Å². The number of rotatable bonds is 5. The summed E-state index contributed by atoms with van der Waals surface area (Å²) in [4.78, 5) is 0. The van der Waals surface area contributed by atoms with Crippen molar-refractivity contribution in [1.29, 1.82) is 0 Å². The molecule has 0 fully saturated rings.